The van der Waals surface area contributed by atoms with Crippen LogP contribution in [0.4, 0.5) is 0 Å². The number of pyridine rings is 1. The molecule has 0 atom stereocenters. The van der Waals surface area contributed by atoms with Crippen LogP contribution in [0.5, 0.6) is 0 Å². The Morgan fingerprint density at radius 1 is 1.73 bits per heavy atom. The van der Waals surface area contributed by atoms with Gasteiger partial charge in [-0.1, -0.05) is 0 Å². The van der Waals surface area contributed by atoms with Gasteiger partial charge in [0.25, 0.3) is 0 Å². The molecule has 6 nitrogen and oxygen atoms in total. The number of primary amides is 1. The smallest absolute Gasteiger partial charge is 0.245 e. The van der Waals surface area contributed by atoms with Crippen molar-refractivity contribution >= 4 is 5.91 Å². The van der Waals surface area contributed by atoms with Gasteiger partial charge in [0.15, 0.2) is 0 Å². The largest absolute Gasteiger partial charge is 0.368 e. The van der Waals surface area contributed by atoms with Gasteiger partial charge in [0.1, 0.15) is 18.4 Å². The number of carbonyl (C=O) groups is 1. The fraction of sp³-hybridized carbons (Fsp3) is 0.222. The highest BCUT2D eigenvalue weighted by Gasteiger charge is 1.97. The Kier molecular flexibility index (Phi) is 4.22. The Balaban J connectivity index is 2.38. The van der Waals surface area contributed by atoms with Crippen LogP contribution in [-0.4, -0.2) is 17.5 Å². The first-order valence-corrected chi connectivity index (χ1v) is 4.20. The number of hydrogen-bond acceptors (Lipinski definition) is 5. The lowest BCUT2D eigenvalue weighted by Gasteiger charge is -2.03. The van der Waals surface area contributed by atoms with Gasteiger partial charge in [-0.25, -0.2) is 4.98 Å². The molecule has 6 heteroatoms. The summed E-state index contributed by atoms with van der Waals surface area (Å²) in [5.74, 6) is -0.546. The first-order chi connectivity index (χ1) is 7.22. The number of nitriles is 1. The van der Waals surface area contributed by atoms with E-state index in [0.717, 1.165) is 5.56 Å². The summed E-state index contributed by atoms with van der Waals surface area (Å²) in [6.07, 6.45) is 1.53. The van der Waals surface area contributed by atoms with Crippen LogP contribution >= 0.6 is 0 Å². The van der Waals surface area contributed by atoms with E-state index in [9.17, 15) is 4.79 Å². The fourth-order valence-corrected chi connectivity index (χ4v) is 0.902. The van der Waals surface area contributed by atoms with Crippen molar-refractivity contribution in [3.8, 4) is 6.07 Å². The second-order valence-corrected chi connectivity index (χ2v) is 2.74. The second kappa shape index (κ2) is 5.70. The third-order valence-electron chi connectivity index (χ3n) is 1.53. The molecular weight excluding hydrogens is 196 g/mol. The number of hydroxylamine groups is 1. The normalized spacial score (nSPS) is 9.53. The molecule has 1 heterocycles. The highest BCUT2D eigenvalue weighted by Crippen LogP contribution is 1.99. The summed E-state index contributed by atoms with van der Waals surface area (Å²) < 4.78 is 0. The number of carbonyl (C=O) groups excluding carboxylic acids is 1. The molecule has 0 aliphatic carbocycles. The molecular formula is C9H10N4O2. The molecule has 0 aliphatic heterocycles. The van der Waals surface area contributed by atoms with Crippen molar-refractivity contribution in [1.82, 2.24) is 10.5 Å². The van der Waals surface area contributed by atoms with Crippen molar-refractivity contribution in [2.75, 3.05) is 6.61 Å². The van der Waals surface area contributed by atoms with Crippen LogP contribution < -0.4 is 11.2 Å². The summed E-state index contributed by atoms with van der Waals surface area (Å²) in [4.78, 5) is 18.9. The van der Waals surface area contributed by atoms with E-state index in [4.69, 9.17) is 15.8 Å². The summed E-state index contributed by atoms with van der Waals surface area (Å²) in [6.45, 7) is 0.195. The summed E-state index contributed by atoms with van der Waals surface area (Å²) in [7, 11) is 0. The number of nitrogens with zero attached hydrogens (tertiary/aromatic N) is 2. The Hall–Kier alpha value is -1.97. The van der Waals surface area contributed by atoms with Crippen LogP contribution in [0, 0.1) is 11.3 Å². The van der Waals surface area contributed by atoms with Crippen LogP contribution in [0.25, 0.3) is 0 Å². The molecule has 1 aromatic heterocycles. The molecule has 0 saturated heterocycles. The Morgan fingerprint density at radius 2 is 2.53 bits per heavy atom. The van der Waals surface area contributed by atoms with Crippen LogP contribution in [0.1, 0.15) is 11.3 Å². The minimum absolute atomic E-state index is 0.184. The number of rotatable bonds is 5. The summed E-state index contributed by atoms with van der Waals surface area (Å²) in [6, 6.07) is 5.29. The maximum absolute atomic E-state index is 10.3. The third kappa shape index (κ3) is 4.17. The van der Waals surface area contributed by atoms with E-state index >= 15 is 0 Å². The molecule has 3 N–H and O–H groups in total. The van der Waals surface area contributed by atoms with Crippen LogP contribution in [-0.2, 0) is 16.2 Å². The molecule has 0 saturated carbocycles. The van der Waals surface area contributed by atoms with Gasteiger partial charge in [-0.15, -0.1) is 0 Å². The molecule has 1 amide bonds. The third-order valence-corrected chi connectivity index (χ3v) is 1.53. The molecule has 1 aromatic rings. The molecule has 0 fully saturated rings. The van der Waals surface area contributed by atoms with Gasteiger partial charge in [-0.05, 0) is 17.7 Å². The van der Waals surface area contributed by atoms with Crippen LogP contribution in [0.2, 0.25) is 0 Å². The minimum atomic E-state index is -0.546. The van der Waals surface area contributed by atoms with Crippen molar-refractivity contribution in [1.29, 1.82) is 5.26 Å². The van der Waals surface area contributed by atoms with Crippen molar-refractivity contribution in [3.05, 3.63) is 29.6 Å². The summed E-state index contributed by atoms with van der Waals surface area (Å²) >= 11 is 0. The lowest BCUT2D eigenvalue weighted by Crippen LogP contribution is -2.24. The van der Waals surface area contributed by atoms with E-state index in [1.54, 1.807) is 12.1 Å². The number of nitrogens with one attached hydrogen (secondary N) is 1. The monoisotopic (exact) mass is 206 g/mol. The first-order valence-electron chi connectivity index (χ1n) is 4.20. The topological polar surface area (TPSA) is 101 Å². The zero-order chi connectivity index (χ0) is 11.1. The first kappa shape index (κ1) is 11.1. The van der Waals surface area contributed by atoms with E-state index < -0.39 is 5.91 Å². The standard InChI is InChI=1S/C9H10N4O2/c10-4-8-3-7(1-2-12-8)5-13-15-6-9(11)14/h1-3,13H,5-6H2,(H2,11,14). The molecule has 15 heavy (non-hydrogen) atoms. The zero-order valence-corrected chi connectivity index (χ0v) is 7.93. The van der Waals surface area contributed by atoms with Gasteiger partial charge in [0.05, 0.1) is 0 Å². The average Bonchev–Trinajstić information content (AvgIpc) is 2.24. The summed E-state index contributed by atoms with van der Waals surface area (Å²) in [5.41, 5.74) is 8.58. The highest BCUT2D eigenvalue weighted by molar-refractivity contribution is 5.74. The number of hydrogen-bond donors (Lipinski definition) is 2. The van der Waals surface area contributed by atoms with Gasteiger partial charge < -0.3 is 5.73 Å². The van der Waals surface area contributed by atoms with Gasteiger partial charge in [-0.2, -0.15) is 10.7 Å². The predicted molar refractivity (Wildman–Crippen MR) is 50.9 cm³/mol. The molecule has 78 valence electrons. The van der Waals surface area contributed by atoms with E-state index in [1.165, 1.54) is 6.20 Å². The quantitative estimate of drug-likeness (QED) is 0.497. The number of amides is 1. The average molecular weight is 206 g/mol. The summed E-state index contributed by atoms with van der Waals surface area (Å²) in [5, 5.41) is 8.58. The molecule has 1 rings (SSSR count). The number of aromatic nitrogens is 1. The van der Waals surface area contributed by atoms with E-state index in [1.807, 2.05) is 6.07 Å². The van der Waals surface area contributed by atoms with E-state index in [-0.39, 0.29) is 6.61 Å². The van der Waals surface area contributed by atoms with Gasteiger partial charge in [0.2, 0.25) is 5.91 Å². The molecule has 0 radical (unpaired) electrons. The highest BCUT2D eigenvalue weighted by atomic mass is 16.6. The lowest BCUT2D eigenvalue weighted by atomic mass is 10.2. The number of nitrogens with two attached hydrogens (primary N) is 1. The molecule has 0 unspecified atom stereocenters. The fourth-order valence-electron chi connectivity index (χ4n) is 0.902. The van der Waals surface area contributed by atoms with E-state index in [0.29, 0.717) is 12.2 Å². The van der Waals surface area contributed by atoms with Crippen molar-refractivity contribution in [2.24, 2.45) is 5.73 Å². The maximum atomic E-state index is 10.3. The van der Waals surface area contributed by atoms with Gasteiger partial charge in [-0.3, -0.25) is 9.63 Å². The molecule has 0 aliphatic rings. The van der Waals surface area contributed by atoms with Crippen LogP contribution in [0.15, 0.2) is 18.3 Å². The zero-order valence-electron chi connectivity index (χ0n) is 7.93. The molecule has 0 aromatic carbocycles. The SMILES string of the molecule is N#Cc1cc(CNOCC(N)=O)ccn1. The minimum Gasteiger partial charge on any atom is -0.368 e. The predicted octanol–water partition coefficient (Wildman–Crippen LogP) is -0.540. The van der Waals surface area contributed by atoms with Crippen LogP contribution in [0.3, 0.4) is 0 Å². The molecule has 0 spiro atoms. The Morgan fingerprint density at radius 3 is 3.20 bits per heavy atom. The lowest BCUT2D eigenvalue weighted by molar-refractivity contribution is -0.125. The van der Waals surface area contributed by atoms with Gasteiger partial charge >= 0.3 is 0 Å². The molecule has 0 bridgehead atoms. The Bertz CT molecular complexity index is 386. The van der Waals surface area contributed by atoms with Crippen molar-refractivity contribution in [2.45, 2.75) is 6.54 Å². The Labute approximate surface area is 86.6 Å². The van der Waals surface area contributed by atoms with Gasteiger partial charge in [0, 0.05) is 12.7 Å². The maximum Gasteiger partial charge on any atom is 0.245 e. The second-order valence-electron chi connectivity index (χ2n) is 2.74. The van der Waals surface area contributed by atoms with E-state index in [2.05, 4.69) is 10.5 Å². The van der Waals surface area contributed by atoms with Crippen molar-refractivity contribution < 1.29 is 9.63 Å². The van der Waals surface area contributed by atoms with Crippen molar-refractivity contribution in [3.63, 3.8) is 0 Å².